The molecule has 0 aliphatic rings. The summed E-state index contributed by atoms with van der Waals surface area (Å²) in [5.74, 6) is 0. The van der Waals surface area contributed by atoms with Crippen molar-refractivity contribution in [2.24, 2.45) is 0 Å². The fourth-order valence-electron chi connectivity index (χ4n) is 1.98. The molecular weight excluding hydrogens is 342 g/mol. The SMILES string of the molecule is Brc1cccc(-c2ccc3nccnc3c2)c1.c1nc[nH]n1. The summed E-state index contributed by atoms with van der Waals surface area (Å²) in [6, 6.07) is 14.4. The second-order valence-electron chi connectivity index (χ2n) is 4.42. The number of benzene rings is 2. The third-order valence-electron chi connectivity index (χ3n) is 2.96. The highest BCUT2D eigenvalue weighted by Gasteiger charge is 2.01. The molecule has 0 unspecified atom stereocenters. The van der Waals surface area contributed by atoms with E-state index in [1.165, 1.54) is 18.2 Å². The van der Waals surface area contributed by atoms with Gasteiger partial charge in [-0.3, -0.25) is 15.1 Å². The van der Waals surface area contributed by atoms with Crippen LogP contribution in [0.4, 0.5) is 0 Å². The third kappa shape index (κ3) is 3.53. The number of rotatable bonds is 1. The van der Waals surface area contributed by atoms with Crippen molar-refractivity contribution in [2.45, 2.75) is 0 Å². The molecule has 0 radical (unpaired) electrons. The average Bonchev–Trinajstić information content (AvgIpc) is 3.14. The van der Waals surface area contributed by atoms with Crippen molar-refractivity contribution in [2.75, 3.05) is 0 Å². The standard InChI is InChI=1S/C14H9BrN2.C2H3N3/c15-12-3-1-2-10(8-12)11-4-5-13-14(9-11)17-7-6-16-13;1-3-2-5-4-1/h1-9H;1-2H,(H,3,4,5). The lowest BCUT2D eigenvalue weighted by atomic mass is 10.1. The zero-order valence-corrected chi connectivity index (χ0v) is 13.1. The van der Waals surface area contributed by atoms with Crippen LogP contribution in [0.1, 0.15) is 0 Å². The number of nitrogens with one attached hydrogen (secondary N) is 1. The molecule has 0 aliphatic carbocycles. The van der Waals surface area contributed by atoms with Gasteiger partial charge in [-0.25, -0.2) is 4.98 Å². The zero-order valence-electron chi connectivity index (χ0n) is 11.5. The number of nitrogens with zero attached hydrogens (tertiary/aromatic N) is 4. The van der Waals surface area contributed by atoms with Crippen molar-refractivity contribution >= 4 is 27.0 Å². The summed E-state index contributed by atoms with van der Waals surface area (Å²) in [5.41, 5.74) is 4.17. The largest absolute Gasteiger partial charge is 0.266 e. The molecule has 0 spiro atoms. The van der Waals surface area contributed by atoms with Gasteiger partial charge in [-0.1, -0.05) is 34.1 Å². The number of aromatic amines is 1. The first-order valence-electron chi connectivity index (χ1n) is 6.58. The second-order valence-corrected chi connectivity index (χ2v) is 5.34. The Kier molecular flexibility index (Phi) is 4.50. The van der Waals surface area contributed by atoms with Crippen molar-refractivity contribution in [3.63, 3.8) is 0 Å². The van der Waals surface area contributed by atoms with Gasteiger partial charge in [0.25, 0.3) is 0 Å². The van der Waals surface area contributed by atoms with Gasteiger partial charge in [0.05, 0.1) is 11.0 Å². The molecule has 0 bridgehead atoms. The molecule has 2 heterocycles. The Balaban J connectivity index is 0.000000246. The summed E-state index contributed by atoms with van der Waals surface area (Å²) in [6.45, 7) is 0. The molecule has 1 N–H and O–H groups in total. The van der Waals surface area contributed by atoms with Crippen LogP contribution in [-0.2, 0) is 0 Å². The highest BCUT2D eigenvalue weighted by atomic mass is 79.9. The molecule has 2 aromatic heterocycles. The molecule has 0 saturated heterocycles. The van der Waals surface area contributed by atoms with Crippen LogP contribution in [0.15, 0.2) is 72.0 Å². The van der Waals surface area contributed by atoms with Crippen LogP contribution in [0, 0.1) is 0 Å². The fraction of sp³-hybridized carbons (Fsp3) is 0. The zero-order chi connectivity index (χ0) is 15.2. The lowest BCUT2D eigenvalue weighted by molar-refractivity contribution is 1.09. The van der Waals surface area contributed by atoms with E-state index in [9.17, 15) is 0 Å². The van der Waals surface area contributed by atoms with Gasteiger partial charge in [-0.05, 0) is 35.4 Å². The monoisotopic (exact) mass is 353 g/mol. The number of hydrogen-bond donors (Lipinski definition) is 1. The van der Waals surface area contributed by atoms with Crippen LogP contribution in [0.3, 0.4) is 0 Å². The highest BCUT2D eigenvalue weighted by molar-refractivity contribution is 9.10. The fourth-order valence-corrected chi connectivity index (χ4v) is 2.38. The molecular formula is C16H12BrN5. The van der Waals surface area contributed by atoms with Gasteiger partial charge in [-0.15, -0.1) is 0 Å². The first-order chi connectivity index (χ1) is 10.8. The van der Waals surface area contributed by atoms with Crippen LogP contribution >= 0.6 is 15.9 Å². The van der Waals surface area contributed by atoms with E-state index in [4.69, 9.17) is 0 Å². The van der Waals surface area contributed by atoms with Gasteiger partial charge in [0, 0.05) is 16.9 Å². The molecule has 5 nitrogen and oxygen atoms in total. The first kappa shape index (κ1) is 14.3. The van der Waals surface area contributed by atoms with Gasteiger partial charge in [0.2, 0.25) is 0 Å². The maximum atomic E-state index is 4.32. The molecule has 0 amide bonds. The minimum absolute atomic E-state index is 0.921. The lowest BCUT2D eigenvalue weighted by Gasteiger charge is -2.03. The number of H-pyrrole nitrogens is 1. The molecule has 4 aromatic rings. The summed E-state index contributed by atoms with van der Waals surface area (Å²) in [4.78, 5) is 12.1. The van der Waals surface area contributed by atoms with Crippen LogP contribution in [0.25, 0.3) is 22.2 Å². The lowest BCUT2D eigenvalue weighted by Crippen LogP contribution is -1.84. The van der Waals surface area contributed by atoms with Gasteiger partial charge in [0.1, 0.15) is 12.7 Å². The molecule has 4 rings (SSSR count). The molecule has 22 heavy (non-hydrogen) atoms. The first-order valence-corrected chi connectivity index (χ1v) is 7.38. The van der Waals surface area contributed by atoms with E-state index >= 15 is 0 Å². The van der Waals surface area contributed by atoms with E-state index in [1.54, 1.807) is 12.4 Å². The Morgan fingerprint density at radius 2 is 1.68 bits per heavy atom. The van der Waals surface area contributed by atoms with E-state index < -0.39 is 0 Å². The van der Waals surface area contributed by atoms with Crippen molar-refractivity contribution in [3.8, 4) is 11.1 Å². The highest BCUT2D eigenvalue weighted by Crippen LogP contribution is 2.24. The van der Waals surface area contributed by atoms with Crippen LogP contribution in [0.2, 0.25) is 0 Å². The van der Waals surface area contributed by atoms with Crippen LogP contribution < -0.4 is 0 Å². The Morgan fingerprint density at radius 3 is 2.36 bits per heavy atom. The molecule has 108 valence electrons. The van der Waals surface area contributed by atoms with E-state index in [2.05, 4.69) is 65.3 Å². The van der Waals surface area contributed by atoms with Gasteiger partial charge in [0.15, 0.2) is 0 Å². The smallest absolute Gasteiger partial charge is 0.137 e. The average molecular weight is 354 g/mol. The Hall–Kier alpha value is -2.60. The number of aromatic nitrogens is 5. The maximum Gasteiger partial charge on any atom is 0.137 e. The van der Waals surface area contributed by atoms with Crippen molar-refractivity contribution in [1.82, 2.24) is 25.1 Å². The van der Waals surface area contributed by atoms with Crippen molar-refractivity contribution in [1.29, 1.82) is 0 Å². The summed E-state index contributed by atoms with van der Waals surface area (Å²) >= 11 is 3.48. The Morgan fingerprint density at radius 1 is 0.864 bits per heavy atom. The molecule has 0 fully saturated rings. The van der Waals surface area contributed by atoms with Gasteiger partial charge in [-0.2, -0.15) is 5.10 Å². The van der Waals surface area contributed by atoms with Gasteiger partial charge < -0.3 is 0 Å². The van der Waals surface area contributed by atoms with E-state index in [-0.39, 0.29) is 0 Å². The normalized spacial score (nSPS) is 10.0. The quantitative estimate of drug-likeness (QED) is 0.564. The second kappa shape index (κ2) is 6.91. The molecule has 6 heteroatoms. The minimum Gasteiger partial charge on any atom is -0.266 e. The molecule has 0 aliphatic heterocycles. The van der Waals surface area contributed by atoms with Crippen LogP contribution in [0.5, 0.6) is 0 Å². The summed E-state index contributed by atoms with van der Waals surface area (Å²) in [5, 5.41) is 5.99. The summed E-state index contributed by atoms with van der Waals surface area (Å²) in [7, 11) is 0. The van der Waals surface area contributed by atoms with Crippen LogP contribution in [-0.4, -0.2) is 25.1 Å². The van der Waals surface area contributed by atoms with E-state index in [1.807, 2.05) is 18.2 Å². The third-order valence-corrected chi connectivity index (χ3v) is 3.45. The molecule has 0 saturated carbocycles. The maximum absolute atomic E-state index is 4.32. The van der Waals surface area contributed by atoms with E-state index in [0.29, 0.717) is 0 Å². The predicted octanol–water partition coefficient (Wildman–Crippen LogP) is 3.86. The van der Waals surface area contributed by atoms with E-state index in [0.717, 1.165) is 21.1 Å². The summed E-state index contributed by atoms with van der Waals surface area (Å²) in [6.07, 6.45) is 6.38. The minimum atomic E-state index is 0.921. The molecule has 2 aromatic carbocycles. The summed E-state index contributed by atoms with van der Waals surface area (Å²) < 4.78 is 1.08. The molecule has 0 atom stereocenters. The van der Waals surface area contributed by atoms with Crippen molar-refractivity contribution in [3.05, 3.63) is 72.0 Å². The number of hydrogen-bond acceptors (Lipinski definition) is 4. The topological polar surface area (TPSA) is 67.3 Å². The Bertz CT molecular complexity index is 844. The number of halogens is 1. The number of fused-ring (bicyclic) bond motifs is 1. The Labute approximate surface area is 135 Å². The van der Waals surface area contributed by atoms with Gasteiger partial charge >= 0.3 is 0 Å². The van der Waals surface area contributed by atoms with Crippen molar-refractivity contribution < 1.29 is 0 Å². The predicted molar refractivity (Wildman–Crippen MR) is 89.1 cm³/mol.